The van der Waals surface area contributed by atoms with Crippen LogP contribution in [0.3, 0.4) is 0 Å². The molecular weight excluding hydrogens is 484 g/mol. The molecule has 0 bridgehead atoms. The molecule has 1 heterocycles. The molecule has 7 nitrogen and oxygen atoms in total. The third kappa shape index (κ3) is 5.57. The van der Waals surface area contributed by atoms with Gasteiger partial charge in [-0.1, -0.05) is 30.8 Å². The van der Waals surface area contributed by atoms with Gasteiger partial charge in [0.25, 0.3) is 0 Å². The van der Waals surface area contributed by atoms with E-state index in [1.807, 2.05) is 31.2 Å². The van der Waals surface area contributed by atoms with Crippen molar-refractivity contribution in [3.05, 3.63) is 100 Å². The van der Waals surface area contributed by atoms with Crippen molar-refractivity contribution in [1.82, 2.24) is 0 Å². The van der Waals surface area contributed by atoms with Crippen LogP contribution in [-0.4, -0.2) is 33.9 Å². The minimum absolute atomic E-state index is 0.0158. The van der Waals surface area contributed by atoms with Crippen LogP contribution in [-0.2, 0) is 9.53 Å². The van der Waals surface area contributed by atoms with Gasteiger partial charge < -0.3 is 23.4 Å². The molecule has 0 aliphatic rings. The number of rotatable bonds is 10. The minimum Gasteiger partial charge on any atom is -0.497 e. The first-order valence-electron chi connectivity index (χ1n) is 12.1. The van der Waals surface area contributed by atoms with E-state index in [1.165, 1.54) is 20.5 Å². The van der Waals surface area contributed by atoms with E-state index in [9.17, 15) is 9.59 Å². The van der Waals surface area contributed by atoms with Crippen LogP contribution in [0.1, 0.15) is 30.4 Å². The van der Waals surface area contributed by atoms with Crippen molar-refractivity contribution in [2.45, 2.75) is 19.3 Å². The third-order valence-electron chi connectivity index (χ3n) is 6.28. The van der Waals surface area contributed by atoms with Gasteiger partial charge in [0.15, 0.2) is 0 Å². The Morgan fingerprint density at radius 1 is 0.921 bits per heavy atom. The summed E-state index contributed by atoms with van der Waals surface area (Å²) in [7, 11) is 4.47. The van der Waals surface area contributed by atoms with Gasteiger partial charge in [-0.15, -0.1) is 0 Å². The number of ether oxygens (including phenoxy) is 4. The summed E-state index contributed by atoms with van der Waals surface area (Å²) < 4.78 is 27.7. The van der Waals surface area contributed by atoms with Gasteiger partial charge in [-0.05, 0) is 60.0 Å². The highest BCUT2D eigenvalue weighted by Gasteiger charge is 2.27. The lowest BCUT2D eigenvalue weighted by atomic mass is 9.86. The van der Waals surface area contributed by atoms with E-state index in [4.69, 9.17) is 23.4 Å². The molecule has 0 spiro atoms. The van der Waals surface area contributed by atoms with E-state index in [0.29, 0.717) is 51.5 Å². The van der Waals surface area contributed by atoms with E-state index in [-0.39, 0.29) is 11.8 Å². The Morgan fingerprint density at radius 2 is 1.61 bits per heavy atom. The van der Waals surface area contributed by atoms with E-state index in [0.717, 1.165) is 11.1 Å². The van der Waals surface area contributed by atoms with Crippen molar-refractivity contribution in [2.24, 2.45) is 0 Å². The zero-order valence-corrected chi connectivity index (χ0v) is 21.9. The van der Waals surface area contributed by atoms with Crippen molar-refractivity contribution >= 4 is 16.9 Å². The van der Waals surface area contributed by atoms with Crippen LogP contribution in [0, 0.1) is 0 Å². The van der Waals surface area contributed by atoms with Crippen molar-refractivity contribution in [2.75, 3.05) is 27.9 Å². The maximum atomic E-state index is 13.6. The van der Waals surface area contributed by atoms with Gasteiger partial charge in [0.1, 0.15) is 35.7 Å². The lowest BCUT2D eigenvalue weighted by Crippen LogP contribution is -2.13. The summed E-state index contributed by atoms with van der Waals surface area (Å²) in [4.78, 5) is 26.1. The number of fused-ring (bicyclic) bond motifs is 1. The minimum atomic E-state index is -0.508. The lowest BCUT2D eigenvalue weighted by molar-refractivity contribution is -0.140. The highest BCUT2D eigenvalue weighted by atomic mass is 16.5. The molecule has 4 aromatic rings. The summed E-state index contributed by atoms with van der Waals surface area (Å²) in [6.45, 7) is 6.15. The van der Waals surface area contributed by atoms with Gasteiger partial charge in [0, 0.05) is 11.5 Å². The van der Waals surface area contributed by atoms with Crippen LogP contribution in [0.5, 0.6) is 17.2 Å². The summed E-state index contributed by atoms with van der Waals surface area (Å²) in [5, 5.41) is 0.380. The van der Waals surface area contributed by atoms with Crippen molar-refractivity contribution in [3.8, 4) is 28.4 Å². The van der Waals surface area contributed by atoms with Gasteiger partial charge in [0.05, 0.1) is 38.7 Å². The fourth-order valence-corrected chi connectivity index (χ4v) is 4.32. The number of carbonyl (C=O) groups excluding carboxylic acids is 1. The van der Waals surface area contributed by atoms with Crippen LogP contribution in [0.2, 0.25) is 0 Å². The molecule has 196 valence electrons. The molecule has 4 rings (SSSR count). The Balaban J connectivity index is 1.85. The fraction of sp³-hybridized carbons (Fsp3) is 0.226. The lowest BCUT2D eigenvalue weighted by Gasteiger charge is -2.21. The number of carbonyl (C=O) groups is 1. The van der Waals surface area contributed by atoms with Crippen LogP contribution >= 0.6 is 0 Å². The molecule has 0 N–H and O–H groups in total. The first-order chi connectivity index (χ1) is 18.4. The van der Waals surface area contributed by atoms with Gasteiger partial charge in [-0.2, -0.15) is 0 Å². The maximum absolute atomic E-state index is 13.6. The Kier molecular flexibility index (Phi) is 8.16. The fourth-order valence-electron chi connectivity index (χ4n) is 4.32. The molecule has 3 aromatic carbocycles. The second kappa shape index (κ2) is 11.7. The highest BCUT2D eigenvalue weighted by Crippen LogP contribution is 2.40. The summed E-state index contributed by atoms with van der Waals surface area (Å²) in [6.07, 6.45) is 1.46. The second-order valence-electron chi connectivity index (χ2n) is 8.91. The molecule has 0 fully saturated rings. The summed E-state index contributed by atoms with van der Waals surface area (Å²) >= 11 is 0. The van der Waals surface area contributed by atoms with Crippen molar-refractivity contribution in [3.63, 3.8) is 0 Å². The van der Waals surface area contributed by atoms with Crippen LogP contribution in [0.4, 0.5) is 0 Å². The standard InChI is InChI=1S/C31H30O7/c1-19(2)17-37-23-12-8-20(9-13-23)25(16-28(32)36-5)29-27(35-4)15-14-24-30(33)26(18-38-31(24)29)21-6-10-22(34-3)11-7-21/h6-15,18,25H,1,16-17H2,2-5H3. The van der Waals surface area contributed by atoms with E-state index < -0.39 is 11.9 Å². The maximum Gasteiger partial charge on any atom is 0.306 e. The monoisotopic (exact) mass is 514 g/mol. The summed E-state index contributed by atoms with van der Waals surface area (Å²) in [6, 6.07) is 18.0. The van der Waals surface area contributed by atoms with E-state index >= 15 is 0 Å². The normalized spacial score (nSPS) is 11.6. The first-order valence-corrected chi connectivity index (χ1v) is 12.1. The average molecular weight is 515 g/mol. The molecule has 0 saturated carbocycles. The van der Waals surface area contributed by atoms with Gasteiger partial charge in [-0.25, -0.2) is 0 Å². The largest absolute Gasteiger partial charge is 0.497 e. The number of benzene rings is 3. The van der Waals surface area contributed by atoms with Crippen LogP contribution in [0.25, 0.3) is 22.1 Å². The topological polar surface area (TPSA) is 84.2 Å². The molecule has 1 atom stereocenters. The first kappa shape index (κ1) is 26.5. The Morgan fingerprint density at radius 3 is 2.21 bits per heavy atom. The molecule has 0 aliphatic heterocycles. The molecule has 1 unspecified atom stereocenters. The summed E-state index contributed by atoms with van der Waals surface area (Å²) in [5.74, 6) is 0.941. The zero-order chi connectivity index (χ0) is 27.2. The number of methoxy groups -OCH3 is 3. The number of esters is 1. The zero-order valence-electron chi connectivity index (χ0n) is 21.9. The van der Waals surface area contributed by atoms with Crippen LogP contribution in [0.15, 0.2) is 88.3 Å². The van der Waals surface area contributed by atoms with Gasteiger partial charge in [-0.3, -0.25) is 9.59 Å². The molecule has 0 amide bonds. The molecule has 7 heteroatoms. The predicted molar refractivity (Wildman–Crippen MR) is 146 cm³/mol. The second-order valence-corrected chi connectivity index (χ2v) is 8.91. The molecule has 38 heavy (non-hydrogen) atoms. The Bertz CT molecular complexity index is 1500. The molecule has 0 saturated heterocycles. The highest BCUT2D eigenvalue weighted by molar-refractivity contribution is 5.87. The smallest absolute Gasteiger partial charge is 0.306 e. The van der Waals surface area contributed by atoms with Gasteiger partial charge >= 0.3 is 5.97 Å². The van der Waals surface area contributed by atoms with E-state index in [2.05, 4.69) is 6.58 Å². The SMILES string of the molecule is C=C(C)COc1ccc(C(CC(=O)OC)c2c(OC)ccc3c(=O)c(-c4ccc(OC)cc4)coc23)cc1. The third-order valence-corrected chi connectivity index (χ3v) is 6.28. The molecule has 0 aliphatic carbocycles. The quantitative estimate of drug-likeness (QED) is 0.186. The van der Waals surface area contributed by atoms with Crippen molar-refractivity contribution in [1.29, 1.82) is 0 Å². The van der Waals surface area contributed by atoms with Crippen LogP contribution < -0.4 is 19.6 Å². The van der Waals surface area contributed by atoms with E-state index in [1.54, 1.807) is 43.5 Å². The molecule has 1 aromatic heterocycles. The predicted octanol–water partition coefficient (Wildman–Crippen LogP) is 6.13. The average Bonchev–Trinajstić information content (AvgIpc) is 2.95. The number of hydrogen-bond donors (Lipinski definition) is 0. The Hall–Kier alpha value is -4.52. The Labute approximate surface area is 221 Å². The van der Waals surface area contributed by atoms with Crippen molar-refractivity contribution < 1.29 is 28.2 Å². The van der Waals surface area contributed by atoms with Gasteiger partial charge in [0.2, 0.25) is 5.43 Å². The number of hydrogen-bond acceptors (Lipinski definition) is 7. The molecular formula is C31H30O7. The summed E-state index contributed by atoms with van der Waals surface area (Å²) in [5.41, 5.74) is 3.58. The molecule has 0 radical (unpaired) electrons.